The van der Waals surface area contributed by atoms with Gasteiger partial charge in [-0.25, -0.2) is 13.1 Å². The van der Waals surface area contributed by atoms with E-state index in [2.05, 4.69) is 10.0 Å². The Kier molecular flexibility index (Phi) is 7.86. The molecule has 0 aromatic heterocycles. The van der Waals surface area contributed by atoms with Gasteiger partial charge in [0.2, 0.25) is 15.9 Å². The number of hydrogen-bond donors (Lipinski definition) is 2. The van der Waals surface area contributed by atoms with E-state index >= 15 is 0 Å². The Labute approximate surface area is 178 Å². The molecule has 0 saturated carbocycles. The summed E-state index contributed by atoms with van der Waals surface area (Å²) >= 11 is 0. The van der Waals surface area contributed by atoms with Crippen LogP contribution >= 0.6 is 0 Å². The molecule has 0 atom stereocenters. The molecule has 0 saturated heterocycles. The second kappa shape index (κ2) is 9.95. The molecule has 30 heavy (non-hydrogen) atoms. The molecule has 0 aliphatic carbocycles. The van der Waals surface area contributed by atoms with E-state index in [-0.39, 0.29) is 17.2 Å². The Morgan fingerprint density at radius 2 is 1.53 bits per heavy atom. The highest BCUT2D eigenvalue weighted by Gasteiger charge is 2.21. The lowest BCUT2D eigenvalue weighted by atomic mass is 10.1. The second-order valence-corrected chi connectivity index (χ2v) is 9.60. The first-order valence-electron chi connectivity index (χ1n) is 9.65. The average molecular weight is 435 g/mol. The normalized spacial score (nSPS) is 11.8. The molecule has 0 spiro atoms. The number of rotatable bonds is 9. The number of ether oxygens (including phenoxy) is 2. The van der Waals surface area contributed by atoms with E-state index in [1.807, 2.05) is 18.2 Å². The van der Waals surface area contributed by atoms with E-state index in [1.165, 1.54) is 0 Å². The summed E-state index contributed by atoms with van der Waals surface area (Å²) in [5, 5.41) is 2.88. The highest BCUT2D eigenvalue weighted by Crippen LogP contribution is 2.27. The quantitative estimate of drug-likeness (QED) is 0.633. The van der Waals surface area contributed by atoms with Gasteiger partial charge in [0.25, 0.3) is 0 Å². The molecule has 0 fully saturated rings. The first kappa shape index (κ1) is 23.7. The summed E-state index contributed by atoms with van der Waals surface area (Å²) in [6.07, 6.45) is 0.783. The Balaban J connectivity index is 1.93. The summed E-state index contributed by atoms with van der Waals surface area (Å²) in [4.78, 5) is 12.5. The van der Waals surface area contributed by atoms with Crippen molar-refractivity contribution in [1.29, 1.82) is 0 Å². The van der Waals surface area contributed by atoms with Gasteiger partial charge in [0.1, 0.15) is 11.5 Å². The summed E-state index contributed by atoms with van der Waals surface area (Å²) in [6, 6.07) is 12.0. The van der Waals surface area contributed by atoms with Crippen molar-refractivity contribution in [3.8, 4) is 11.5 Å². The molecule has 2 aromatic carbocycles. The molecular weight excluding hydrogens is 404 g/mol. The maximum Gasteiger partial charge on any atom is 0.241 e. The number of sulfonamides is 1. The first-order chi connectivity index (χ1) is 14.1. The van der Waals surface area contributed by atoms with Gasteiger partial charge in [0.15, 0.2) is 0 Å². The van der Waals surface area contributed by atoms with E-state index < -0.39 is 15.6 Å². The second-order valence-electron chi connectivity index (χ2n) is 7.92. The number of carbonyl (C=O) groups excluding carboxylic acids is 1. The van der Waals surface area contributed by atoms with Crippen LogP contribution in [0.1, 0.15) is 38.3 Å². The van der Waals surface area contributed by atoms with E-state index in [0.717, 1.165) is 11.1 Å². The zero-order valence-corrected chi connectivity index (χ0v) is 18.9. The number of carbonyl (C=O) groups is 1. The first-order valence-corrected chi connectivity index (χ1v) is 11.1. The predicted octanol–water partition coefficient (Wildman–Crippen LogP) is 3.03. The van der Waals surface area contributed by atoms with Crippen molar-refractivity contribution < 1.29 is 22.7 Å². The third-order valence-corrected chi connectivity index (χ3v) is 6.08. The van der Waals surface area contributed by atoms with Crippen molar-refractivity contribution in [1.82, 2.24) is 10.0 Å². The molecule has 164 valence electrons. The lowest BCUT2D eigenvalue weighted by Gasteiger charge is -2.20. The molecule has 1 amide bonds. The maximum atomic E-state index is 12.4. The Hall–Kier alpha value is -2.58. The number of nitrogens with one attached hydrogen (secondary N) is 2. The van der Waals surface area contributed by atoms with Crippen molar-refractivity contribution >= 4 is 15.9 Å². The molecule has 0 heterocycles. The Morgan fingerprint density at radius 3 is 2.03 bits per heavy atom. The Morgan fingerprint density at radius 1 is 0.967 bits per heavy atom. The molecule has 7 nitrogen and oxygen atoms in total. The lowest BCUT2D eigenvalue weighted by Crippen LogP contribution is -2.40. The molecular formula is C22H30N2O5S. The van der Waals surface area contributed by atoms with Gasteiger partial charge >= 0.3 is 0 Å². The number of hydrogen-bond acceptors (Lipinski definition) is 5. The van der Waals surface area contributed by atoms with Gasteiger partial charge in [-0.15, -0.1) is 0 Å². The zero-order valence-electron chi connectivity index (χ0n) is 18.1. The van der Waals surface area contributed by atoms with Gasteiger partial charge in [-0.1, -0.05) is 18.2 Å². The molecule has 2 aromatic rings. The van der Waals surface area contributed by atoms with Crippen LogP contribution in [0.4, 0.5) is 0 Å². The minimum absolute atomic E-state index is 0.117. The fourth-order valence-electron chi connectivity index (χ4n) is 2.93. The lowest BCUT2D eigenvalue weighted by molar-refractivity contribution is -0.121. The Bertz CT molecular complexity index is 942. The van der Waals surface area contributed by atoms with Gasteiger partial charge in [-0.05, 0) is 57.0 Å². The number of benzene rings is 2. The van der Waals surface area contributed by atoms with Crippen LogP contribution in [0.15, 0.2) is 47.4 Å². The molecule has 2 rings (SSSR count). The number of methoxy groups -OCH3 is 2. The van der Waals surface area contributed by atoms with Crippen molar-refractivity contribution in [3.05, 3.63) is 53.6 Å². The SMILES string of the molecule is COc1cccc(OC)c1CNC(=O)CCc1ccc(S(=O)(=O)NC(C)(C)C)cc1. The van der Waals surface area contributed by atoms with E-state index in [4.69, 9.17) is 9.47 Å². The van der Waals surface area contributed by atoms with E-state index in [9.17, 15) is 13.2 Å². The molecule has 0 radical (unpaired) electrons. The smallest absolute Gasteiger partial charge is 0.241 e. The van der Waals surface area contributed by atoms with Gasteiger partial charge in [-0.3, -0.25) is 4.79 Å². The monoisotopic (exact) mass is 434 g/mol. The predicted molar refractivity (Wildman–Crippen MR) is 116 cm³/mol. The van der Waals surface area contributed by atoms with Crippen molar-refractivity contribution in [2.45, 2.75) is 50.6 Å². The fraction of sp³-hybridized carbons (Fsp3) is 0.409. The summed E-state index contributed by atoms with van der Waals surface area (Å²) < 4.78 is 38.0. The third kappa shape index (κ3) is 6.74. The van der Waals surface area contributed by atoms with Crippen LogP contribution in [0.5, 0.6) is 11.5 Å². The van der Waals surface area contributed by atoms with Crippen molar-refractivity contribution in [3.63, 3.8) is 0 Å². The average Bonchev–Trinajstić information content (AvgIpc) is 2.68. The van der Waals surface area contributed by atoms with Crippen LogP contribution in [0.3, 0.4) is 0 Å². The van der Waals surface area contributed by atoms with Crippen LogP contribution in [0.2, 0.25) is 0 Å². The molecule has 0 aliphatic rings. The third-order valence-electron chi connectivity index (χ3n) is 4.31. The standard InChI is InChI=1S/C22H30N2O5S/c1-22(2,3)24-30(26,27)17-12-9-16(10-13-17)11-14-21(25)23-15-18-19(28-4)7-6-8-20(18)29-5/h6-10,12-13,24H,11,14-15H2,1-5H3,(H,23,25). The molecule has 0 bridgehead atoms. The molecule has 0 aliphatic heterocycles. The maximum absolute atomic E-state index is 12.4. The molecule has 2 N–H and O–H groups in total. The highest BCUT2D eigenvalue weighted by molar-refractivity contribution is 7.89. The van der Waals surface area contributed by atoms with Crippen LogP contribution in [-0.4, -0.2) is 34.1 Å². The van der Waals surface area contributed by atoms with Gasteiger partial charge in [0, 0.05) is 12.0 Å². The summed E-state index contributed by atoms with van der Waals surface area (Å²) in [5.74, 6) is 1.18. The van der Waals surface area contributed by atoms with E-state index in [0.29, 0.717) is 24.5 Å². The van der Waals surface area contributed by atoms with Crippen LogP contribution in [-0.2, 0) is 27.8 Å². The molecule has 8 heteroatoms. The number of amides is 1. The van der Waals surface area contributed by atoms with Crippen LogP contribution < -0.4 is 19.5 Å². The number of aryl methyl sites for hydroxylation is 1. The fourth-order valence-corrected chi connectivity index (χ4v) is 4.35. The van der Waals surface area contributed by atoms with Crippen molar-refractivity contribution in [2.24, 2.45) is 0 Å². The van der Waals surface area contributed by atoms with Gasteiger partial charge in [-0.2, -0.15) is 0 Å². The van der Waals surface area contributed by atoms with Gasteiger partial charge < -0.3 is 14.8 Å². The van der Waals surface area contributed by atoms with Crippen molar-refractivity contribution in [2.75, 3.05) is 14.2 Å². The minimum atomic E-state index is -3.57. The van der Waals surface area contributed by atoms with Gasteiger partial charge in [0.05, 0.1) is 31.2 Å². The summed E-state index contributed by atoms with van der Waals surface area (Å²) in [5.41, 5.74) is 1.10. The zero-order chi connectivity index (χ0) is 22.4. The largest absolute Gasteiger partial charge is 0.496 e. The summed E-state index contributed by atoms with van der Waals surface area (Å²) in [7, 11) is -0.431. The topological polar surface area (TPSA) is 93.7 Å². The molecule has 0 unspecified atom stereocenters. The summed E-state index contributed by atoms with van der Waals surface area (Å²) in [6.45, 7) is 5.66. The highest BCUT2D eigenvalue weighted by atomic mass is 32.2. The van der Waals surface area contributed by atoms with Crippen LogP contribution in [0, 0.1) is 0 Å². The van der Waals surface area contributed by atoms with Crippen LogP contribution in [0.25, 0.3) is 0 Å². The van der Waals surface area contributed by atoms with E-state index in [1.54, 1.807) is 59.3 Å². The minimum Gasteiger partial charge on any atom is -0.496 e.